The Morgan fingerprint density at radius 2 is 2.09 bits per heavy atom. The van der Waals surface area contributed by atoms with E-state index in [0.717, 1.165) is 12.8 Å². The highest BCUT2D eigenvalue weighted by Gasteiger charge is 2.33. The lowest BCUT2D eigenvalue weighted by Crippen LogP contribution is -2.40. The third kappa shape index (κ3) is 4.77. The largest absolute Gasteiger partial charge is 0.444 e. The first-order valence-corrected chi connectivity index (χ1v) is 8.44. The highest BCUT2D eigenvalue weighted by atomic mass is 79.9. The molecule has 0 aromatic heterocycles. The number of hydrogen-bond donors (Lipinski definition) is 0. The zero-order valence-corrected chi connectivity index (χ0v) is 15.2. The number of carbonyl (C=O) groups is 2. The number of likely N-dealkylation sites (tertiary alicyclic amines) is 1. The molecule has 1 aromatic rings. The van der Waals surface area contributed by atoms with Crippen molar-refractivity contribution in [2.45, 2.75) is 51.7 Å². The van der Waals surface area contributed by atoms with E-state index in [9.17, 15) is 14.0 Å². The molecule has 1 atom stereocenters. The minimum Gasteiger partial charge on any atom is -0.444 e. The molecule has 1 fully saturated rings. The van der Waals surface area contributed by atoms with Crippen molar-refractivity contribution in [1.29, 1.82) is 0 Å². The number of Topliss-reactive ketones (excluding diaryl/α,β-unsaturated/α-hetero) is 1. The maximum atomic E-state index is 13.3. The van der Waals surface area contributed by atoms with Gasteiger partial charge in [-0.1, -0.05) is 0 Å². The standard InChI is InChI=1S/C17H21BrFNO3/c1-17(2,3)23-16(22)20-8-4-5-12(20)10-15(21)11-6-7-14(19)13(18)9-11/h6-7,9,12H,4-5,8,10H2,1-3H3. The van der Waals surface area contributed by atoms with Crippen LogP contribution in [0, 0.1) is 5.82 Å². The monoisotopic (exact) mass is 385 g/mol. The topological polar surface area (TPSA) is 46.6 Å². The average Bonchev–Trinajstić information content (AvgIpc) is 2.88. The fourth-order valence-electron chi connectivity index (χ4n) is 2.61. The molecule has 0 radical (unpaired) electrons. The molecule has 0 N–H and O–H groups in total. The number of hydrogen-bond acceptors (Lipinski definition) is 3. The highest BCUT2D eigenvalue weighted by Crippen LogP contribution is 2.25. The normalized spacial score (nSPS) is 18.1. The third-order valence-corrected chi connectivity index (χ3v) is 4.28. The summed E-state index contributed by atoms with van der Waals surface area (Å²) in [5.74, 6) is -0.510. The van der Waals surface area contributed by atoms with Crippen molar-refractivity contribution in [2.24, 2.45) is 0 Å². The Hall–Kier alpha value is -1.43. The lowest BCUT2D eigenvalue weighted by atomic mass is 10.0. The Kier molecular flexibility index (Phi) is 5.45. The van der Waals surface area contributed by atoms with E-state index in [1.54, 1.807) is 4.90 Å². The Balaban J connectivity index is 2.04. The van der Waals surface area contributed by atoms with Gasteiger partial charge in [0.2, 0.25) is 0 Å². The van der Waals surface area contributed by atoms with E-state index in [0.29, 0.717) is 12.1 Å². The summed E-state index contributed by atoms with van der Waals surface area (Å²) < 4.78 is 18.9. The molecule has 1 aromatic carbocycles. The number of nitrogens with zero attached hydrogens (tertiary/aromatic N) is 1. The Morgan fingerprint density at radius 3 is 2.70 bits per heavy atom. The number of halogens is 2. The van der Waals surface area contributed by atoms with E-state index >= 15 is 0 Å². The molecule has 1 aliphatic heterocycles. The van der Waals surface area contributed by atoms with Gasteiger partial charge >= 0.3 is 6.09 Å². The Bertz CT molecular complexity index is 612. The molecular weight excluding hydrogens is 365 g/mol. The van der Waals surface area contributed by atoms with Crippen LogP contribution in [0.15, 0.2) is 22.7 Å². The quantitative estimate of drug-likeness (QED) is 0.716. The van der Waals surface area contributed by atoms with Gasteiger partial charge in [-0.05, 0) is 67.7 Å². The number of benzene rings is 1. The molecule has 1 saturated heterocycles. The number of ketones is 1. The van der Waals surface area contributed by atoms with Crippen molar-refractivity contribution in [3.8, 4) is 0 Å². The molecule has 0 spiro atoms. The zero-order valence-electron chi connectivity index (χ0n) is 13.6. The summed E-state index contributed by atoms with van der Waals surface area (Å²) in [4.78, 5) is 26.2. The minimum atomic E-state index is -0.559. The van der Waals surface area contributed by atoms with Crippen LogP contribution in [0.3, 0.4) is 0 Å². The smallest absolute Gasteiger partial charge is 0.410 e. The van der Waals surface area contributed by atoms with Gasteiger partial charge in [0, 0.05) is 24.6 Å². The van der Waals surface area contributed by atoms with Gasteiger partial charge in [0.1, 0.15) is 11.4 Å². The lowest BCUT2D eigenvalue weighted by Gasteiger charge is -2.28. The van der Waals surface area contributed by atoms with E-state index in [1.807, 2.05) is 20.8 Å². The van der Waals surface area contributed by atoms with Crippen LogP contribution in [0.4, 0.5) is 9.18 Å². The molecule has 1 aliphatic rings. The summed E-state index contributed by atoms with van der Waals surface area (Å²) in [6, 6.07) is 4.04. The van der Waals surface area contributed by atoms with Gasteiger partial charge < -0.3 is 9.64 Å². The lowest BCUT2D eigenvalue weighted by molar-refractivity contribution is 0.0223. The molecule has 0 saturated carbocycles. The van der Waals surface area contributed by atoms with Crippen molar-refractivity contribution in [2.75, 3.05) is 6.54 Å². The van der Waals surface area contributed by atoms with Crippen LogP contribution < -0.4 is 0 Å². The zero-order chi connectivity index (χ0) is 17.2. The van der Waals surface area contributed by atoms with Crippen molar-refractivity contribution < 1.29 is 18.7 Å². The van der Waals surface area contributed by atoms with Gasteiger partial charge in [0.25, 0.3) is 0 Å². The van der Waals surface area contributed by atoms with Crippen LogP contribution in [-0.2, 0) is 4.74 Å². The molecule has 6 heteroatoms. The Labute approximate surface area is 144 Å². The van der Waals surface area contributed by atoms with Crippen LogP contribution in [0.1, 0.15) is 50.4 Å². The molecule has 1 unspecified atom stereocenters. The average molecular weight is 386 g/mol. The fraction of sp³-hybridized carbons (Fsp3) is 0.529. The predicted molar refractivity (Wildman–Crippen MR) is 89.0 cm³/mol. The van der Waals surface area contributed by atoms with Gasteiger partial charge in [-0.3, -0.25) is 4.79 Å². The predicted octanol–water partition coefficient (Wildman–Crippen LogP) is 4.56. The molecule has 126 valence electrons. The van der Waals surface area contributed by atoms with Crippen LogP contribution in [-0.4, -0.2) is 35.0 Å². The summed E-state index contributed by atoms with van der Waals surface area (Å²) in [6.07, 6.45) is 1.46. The second kappa shape index (κ2) is 6.99. The highest BCUT2D eigenvalue weighted by molar-refractivity contribution is 9.10. The molecule has 1 heterocycles. The maximum Gasteiger partial charge on any atom is 0.410 e. The first-order valence-electron chi connectivity index (χ1n) is 7.65. The van der Waals surface area contributed by atoms with E-state index in [-0.39, 0.29) is 28.8 Å². The number of amides is 1. The first-order chi connectivity index (χ1) is 10.7. The molecule has 23 heavy (non-hydrogen) atoms. The van der Waals surface area contributed by atoms with E-state index < -0.39 is 11.4 Å². The molecule has 0 aliphatic carbocycles. The van der Waals surface area contributed by atoms with Crippen molar-refractivity contribution in [1.82, 2.24) is 4.90 Å². The van der Waals surface area contributed by atoms with Crippen molar-refractivity contribution >= 4 is 27.8 Å². The molecular formula is C17H21BrFNO3. The SMILES string of the molecule is CC(C)(C)OC(=O)N1CCCC1CC(=O)c1ccc(F)c(Br)c1. The molecule has 4 nitrogen and oxygen atoms in total. The van der Waals surface area contributed by atoms with Crippen molar-refractivity contribution in [3.05, 3.63) is 34.1 Å². The summed E-state index contributed by atoms with van der Waals surface area (Å²) in [5.41, 5.74) is -0.120. The molecule has 1 amide bonds. The van der Waals surface area contributed by atoms with Gasteiger partial charge in [0.15, 0.2) is 5.78 Å². The first kappa shape index (κ1) is 17.9. The second-order valence-electron chi connectivity index (χ2n) is 6.73. The second-order valence-corrected chi connectivity index (χ2v) is 7.58. The van der Waals surface area contributed by atoms with Gasteiger partial charge in [-0.25, -0.2) is 9.18 Å². The Morgan fingerprint density at radius 1 is 1.39 bits per heavy atom. The number of ether oxygens (including phenoxy) is 1. The van der Waals surface area contributed by atoms with E-state index in [2.05, 4.69) is 15.9 Å². The maximum absolute atomic E-state index is 13.3. The number of rotatable bonds is 3. The van der Waals surface area contributed by atoms with Gasteiger partial charge in [-0.2, -0.15) is 0 Å². The van der Waals surface area contributed by atoms with Crippen LogP contribution in [0.2, 0.25) is 0 Å². The molecule has 0 bridgehead atoms. The van der Waals surface area contributed by atoms with E-state index in [1.165, 1.54) is 18.2 Å². The van der Waals surface area contributed by atoms with E-state index in [4.69, 9.17) is 4.74 Å². The van der Waals surface area contributed by atoms with Crippen molar-refractivity contribution in [3.63, 3.8) is 0 Å². The summed E-state index contributed by atoms with van der Waals surface area (Å²) in [7, 11) is 0. The van der Waals surface area contributed by atoms with Crippen LogP contribution in [0.5, 0.6) is 0 Å². The van der Waals surface area contributed by atoms with Gasteiger partial charge in [-0.15, -0.1) is 0 Å². The fourth-order valence-corrected chi connectivity index (χ4v) is 2.99. The molecule has 2 rings (SSSR count). The summed E-state index contributed by atoms with van der Waals surface area (Å²) in [6.45, 7) is 6.05. The minimum absolute atomic E-state index is 0.105. The van der Waals surface area contributed by atoms with Crippen LogP contribution >= 0.6 is 15.9 Å². The summed E-state index contributed by atoms with van der Waals surface area (Å²) >= 11 is 3.08. The third-order valence-electron chi connectivity index (χ3n) is 3.67. The van der Waals surface area contributed by atoms with Gasteiger partial charge in [0.05, 0.1) is 4.47 Å². The number of carbonyl (C=O) groups excluding carboxylic acids is 2. The van der Waals surface area contributed by atoms with Crippen LogP contribution in [0.25, 0.3) is 0 Å². The summed E-state index contributed by atoms with van der Waals surface area (Å²) in [5, 5.41) is 0.